The highest BCUT2D eigenvalue weighted by atomic mass is 32.2. The lowest BCUT2D eigenvalue weighted by Crippen LogP contribution is -2.51. The van der Waals surface area contributed by atoms with E-state index in [4.69, 9.17) is 4.74 Å². The molecule has 2 aromatic rings. The van der Waals surface area contributed by atoms with Crippen LogP contribution in [0.25, 0.3) is 0 Å². The Kier molecular flexibility index (Phi) is 10.4. The van der Waals surface area contributed by atoms with Gasteiger partial charge in [-0.1, -0.05) is 41.5 Å². The van der Waals surface area contributed by atoms with Gasteiger partial charge in [0, 0.05) is 35.9 Å². The summed E-state index contributed by atoms with van der Waals surface area (Å²) >= 11 is 2.88. The van der Waals surface area contributed by atoms with Crippen LogP contribution in [0.3, 0.4) is 0 Å². The van der Waals surface area contributed by atoms with Gasteiger partial charge in [0.2, 0.25) is 26.1 Å². The summed E-state index contributed by atoms with van der Waals surface area (Å²) in [6.07, 6.45) is 1.01. The van der Waals surface area contributed by atoms with Crippen LogP contribution < -0.4 is 5.32 Å². The number of thiophene rings is 2. The Bertz CT molecular complexity index is 1570. The molecule has 1 N–H and O–H groups in total. The number of ether oxygens (including phenoxy) is 1. The number of isocyanates is 1. The summed E-state index contributed by atoms with van der Waals surface area (Å²) in [4.78, 5) is 28.9. The van der Waals surface area contributed by atoms with E-state index in [9.17, 15) is 26.4 Å². The number of fused-ring (bicyclic) bond motifs is 2. The molecule has 0 fully saturated rings. The topological polar surface area (TPSA) is 143 Å². The molecule has 0 bridgehead atoms. The van der Waals surface area contributed by atoms with Gasteiger partial charge in [-0.25, -0.2) is 31.4 Å². The Morgan fingerprint density at radius 1 is 0.884 bits per heavy atom. The molecule has 2 atom stereocenters. The fourth-order valence-electron chi connectivity index (χ4n) is 4.40. The molecule has 4 heterocycles. The van der Waals surface area contributed by atoms with E-state index in [0.717, 1.165) is 9.75 Å². The molecule has 4 rings (SSSR count). The summed E-state index contributed by atoms with van der Waals surface area (Å²) in [6, 6.07) is 2.51. The van der Waals surface area contributed by atoms with Crippen LogP contribution in [0.4, 0.5) is 4.79 Å². The average molecular weight is 675 g/mol. The monoisotopic (exact) mass is 674 g/mol. The van der Waals surface area contributed by atoms with Crippen LogP contribution in [0.15, 0.2) is 37.7 Å². The number of carbonyl (C=O) groups is 1. The normalized spacial score (nSPS) is 19.3. The summed E-state index contributed by atoms with van der Waals surface area (Å²) in [6.45, 7) is 18.2. The highest BCUT2D eigenvalue weighted by Gasteiger charge is 2.41. The van der Waals surface area contributed by atoms with Gasteiger partial charge in [-0.3, -0.25) is 0 Å². The van der Waals surface area contributed by atoms with Gasteiger partial charge in [-0.15, -0.1) is 22.7 Å². The van der Waals surface area contributed by atoms with Gasteiger partial charge in [0.15, 0.2) is 0 Å². The maximum absolute atomic E-state index is 12.6. The van der Waals surface area contributed by atoms with Crippen molar-refractivity contribution in [2.45, 2.75) is 103 Å². The Hall–Kier alpha value is -2.13. The van der Waals surface area contributed by atoms with Gasteiger partial charge < -0.3 is 10.1 Å². The number of sulfonamides is 2. The van der Waals surface area contributed by atoms with Crippen molar-refractivity contribution in [3.63, 3.8) is 0 Å². The van der Waals surface area contributed by atoms with Crippen molar-refractivity contribution >= 4 is 54.9 Å². The zero-order valence-electron chi connectivity index (χ0n) is 26.1. The lowest BCUT2D eigenvalue weighted by molar-refractivity contribution is 0.0452. The molecule has 0 unspecified atom stereocenters. The second-order valence-electron chi connectivity index (χ2n) is 13.7. The zero-order chi connectivity index (χ0) is 32.6. The van der Waals surface area contributed by atoms with Crippen LogP contribution in [-0.4, -0.2) is 68.4 Å². The molecule has 1 amide bonds. The number of carbonyl (C=O) groups excluding carboxylic acids is 2. The van der Waals surface area contributed by atoms with Crippen LogP contribution in [0.1, 0.15) is 72.1 Å². The number of aliphatic imine (C=N–C) groups is 1. The number of hydrogen-bond acceptors (Lipinski definition) is 10. The third-order valence-corrected chi connectivity index (χ3v) is 12.9. The smallest absolute Gasteiger partial charge is 0.407 e. The van der Waals surface area contributed by atoms with Crippen LogP contribution in [0, 0.1) is 10.8 Å². The number of nitrogens with one attached hydrogen (secondary N) is 1. The maximum atomic E-state index is 12.6. The van der Waals surface area contributed by atoms with E-state index in [1.165, 1.54) is 31.3 Å². The molecule has 0 aliphatic carbocycles. The van der Waals surface area contributed by atoms with Gasteiger partial charge in [0.05, 0.1) is 21.9 Å². The van der Waals surface area contributed by atoms with Gasteiger partial charge in [0.25, 0.3) is 0 Å². The highest BCUT2D eigenvalue weighted by molar-refractivity contribution is 7.90. The van der Waals surface area contributed by atoms with E-state index >= 15 is 0 Å². The third-order valence-electron chi connectivity index (χ3n) is 6.99. The van der Waals surface area contributed by atoms with Crippen LogP contribution in [0.5, 0.6) is 0 Å². The second-order valence-corrected chi connectivity index (χ2v) is 19.5. The fourth-order valence-corrected chi connectivity index (χ4v) is 10.2. The fraction of sp³-hybridized carbons (Fsp3) is 0.643. The van der Waals surface area contributed by atoms with Crippen LogP contribution in [-0.2, 0) is 42.7 Å². The summed E-state index contributed by atoms with van der Waals surface area (Å²) in [5.74, 6) is 0. The molecule has 0 spiro atoms. The minimum absolute atomic E-state index is 0.211. The van der Waals surface area contributed by atoms with Crippen LogP contribution in [0.2, 0.25) is 0 Å². The third kappa shape index (κ3) is 8.53. The van der Waals surface area contributed by atoms with Gasteiger partial charge >= 0.3 is 6.09 Å². The summed E-state index contributed by atoms with van der Waals surface area (Å²) in [7, 11) is -6.90. The Balaban J connectivity index is 0.000000242. The molecule has 0 saturated carbocycles. The first kappa shape index (κ1) is 35.4. The molecular formula is C28H42N4O7S4. The van der Waals surface area contributed by atoms with Gasteiger partial charge in [-0.05, 0) is 54.5 Å². The van der Waals surface area contributed by atoms with Crippen molar-refractivity contribution in [3.8, 4) is 0 Å². The van der Waals surface area contributed by atoms with Gasteiger partial charge in [0.1, 0.15) is 5.60 Å². The van der Waals surface area contributed by atoms with Crippen molar-refractivity contribution in [3.05, 3.63) is 32.6 Å². The summed E-state index contributed by atoms with van der Waals surface area (Å²) in [5.41, 5.74) is -1.21. The molecule has 240 valence electrons. The van der Waals surface area contributed by atoms with E-state index < -0.39 is 37.8 Å². The molecule has 2 aliphatic heterocycles. The molecule has 43 heavy (non-hydrogen) atoms. The molecule has 0 saturated heterocycles. The van der Waals surface area contributed by atoms with Crippen molar-refractivity contribution < 1.29 is 31.2 Å². The first-order valence-electron chi connectivity index (χ1n) is 13.8. The number of alkyl carbamates (subject to hydrolysis) is 1. The van der Waals surface area contributed by atoms with E-state index in [1.807, 2.05) is 41.5 Å². The quantitative estimate of drug-likeness (QED) is 0.328. The van der Waals surface area contributed by atoms with Crippen molar-refractivity contribution in [1.82, 2.24) is 13.9 Å². The van der Waals surface area contributed by atoms with E-state index in [-0.39, 0.29) is 30.0 Å². The highest BCUT2D eigenvalue weighted by Crippen LogP contribution is 2.37. The van der Waals surface area contributed by atoms with Crippen molar-refractivity contribution in [2.24, 2.45) is 15.8 Å². The Labute approximate surface area is 263 Å². The van der Waals surface area contributed by atoms with Crippen molar-refractivity contribution in [1.29, 1.82) is 0 Å². The largest absolute Gasteiger partial charge is 0.444 e. The summed E-state index contributed by atoms with van der Waals surface area (Å²) in [5, 5.41) is 6.41. The Morgan fingerprint density at radius 3 is 1.72 bits per heavy atom. The first-order valence-corrected chi connectivity index (χ1v) is 18.4. The number of hydrogen-bond donors (Lipinski definition) is 1. The molecule has 15 heteroatoms. The number of amides is 1. The average Bonchev–Trinajstić information content (AvgIpc) is 3.57. The van der Waals surface area contributed by atoms with E-state index in [0.29, 0.717) is 22.9 Å². The predicted molar refractivity (Wildman–Crippen MR) is 168 cm³/mol. The second kappa shape index (κ2) is 12.7. The number of nitrogens with zero attached hydrogens (tertiary/aromatic N) is 3. The SMILES string of the molecule is CC(C)(C)OC(=O)N[C@H](CN1Cc2sccc2S1(=O)=O)C(C)(C)C.CC(C)(C)[C@@H](CN1Cc2sccc2S1(=O)=O)N=C=O. The molecule has 11 nitrogen and oxygen atoms in total. The molecule has 2 aliphatic rings. The summed E-state index contributed by atoms with van der Waals surface area (Å²) < 4.78 is 58.0. The molecule has 0 aromatic carbocycles. The lowest BCUT2D eigenvalue weighted by atomic mass is 9.86. The first-order chi connectivity index (χ1) is 19.6. The van der Waals surface area contributed by atoms with Crippen molar-refractivity contribution in [2.75, 3.05) is 13.1 Å². The molecule has 0 radical (unpaired) electrons. The van der Waals surface area contributed by atoms with Gasteiger partial charge in [-0.2, -0.15) is 8.61 Å². The minimum Gasteiger partial charge on any atom is -0.444 e. The lowest BCUT2D eigenvalue weighted by Gasteiger charge is -2.34. The number of rotatable bonds is 6. The standard InChI is InChI=1S/C16H26N2O4S2.C12H16N2O3S2/c1-15(2,3)13(17-14(19)22-16(4,5)6)10-18-9-11-12(7-8-23-11)24(18,20)21;1-12(2,3)11(13-8-15)7-14-6-9-10(4-5-18-9)19(14,16)17/h7-8,13H,9-10H2,1-6H3,(H,17,19);4-5,11H,6-7H2,1-3H3/t13-;11-/m11/s1. The Morgan fingerprint density at radius 2 is 1.35 bits per heavy atom. The minimum atomic E-state index is -3.48. The van der Waals surface area contributed by atoms with E-state index in [2.05, 4.69) is 10.3 Å². The maximum Gasteiger partial charge on any atom is 0.407 e. The molecule has 2 aromatic heterocycles. The molecular weight excluding hydrogens is 633 g/mol. The zero-order valence-corrected chi connectivity index (χ0v) is 29.4. The van der Waals surface area contributed by atoms with E-state index in [1.54, 1.807) is 49.7 Å². The van der Waals surface area contributed by atoms with Crippen LogP contribution >= 0.6 is 22.7 Å². The predicted octanol–water partition coefficient (Wildman–Crippen LogP) is 5.19.